The van der Waals surface area contributed by atoms with Crippen LogP contribution in [0.4, 0.5) is 13.9 Å². The summed E-state index contributed by atoms with van der Waals surface area (Å²) in [6.45, 7) is -0.685. The molecule has 0 bridgehead atoms. The van der Waals surface area contributed by atoms with Gasteiger partial charge in [-0.25, -0.2) is 4.98 Å². The third kappa shape index (κ3) is 5.86. The summed E-state index contributed by atoms with van der Waals surface area (Å²) in [7, 11) is 0. The van der Waals surface area contributed by atoms with Crippen molar-refractivity contribution in [2.45, 2.75) is 26.4 Å². The number of ether oxygens (including phenoxy) is 1. The minimum Gasteiger partial charge on any atom is -0.459 e. The largest absolute Gasteiger partial charge is 0.459 e. The van der Waals surface area contributed by atoms with E-state index in [1.54, 1.807) is 24.3 Å². The van der Waals surface area contributed by atoms with Crippen molar-refractivity contribution in [1.29, 1.82) is 0 Å². The number of halogens is 2. The molecule has 158 valence electrons. The number of benzene rings is 1. The predicted octanol–water partition coefficient (Wildman–Crippen LogP) is 4.46. The maximum absolute atomic E-state index is 12.2. The van der Waals surface area contributed by atoms with Gasteiger partial charge in [0.25, 0.3) is 5.91 Å². The summed E-state index contributed by atoms with van der Waals surface area (Å²) in [5.41, 5.74) is 1.39. The Morgan fingerprint density at radius 2 is 2.00 bits per heavy atom. The lowest BCUT2D eigenvalue weighted by Crippen LogP contribution is -2.25. The summed E-state index contributed by atoms with van der Waals surface area (Å²) in [6.07, 6.45) is 2.09. The van der Waals surface area contributed by atoms with Gasteiger partial charge < -0.3 is 19.8 Å². The molecule has 0 unspecified atom stereocenters. The summed E-state index contributed by atoms with van der Waals surface area (Å²) < 4.78 is 33.8. The molecule has 2 aromatic heterocycles. The molecule has 0 atom stereocenters. The number of aromatic nitrogens is 1. The second kappa shape index (κ2) is 9.97. The molecule has 1 aromatic carbocycles. The molecule has 0 aliphatic carbocycles. The Bertz CT molecular complexity index is 988. The van der Waals surface area contributed by atoms with Crippen molar-refractivity contribution in [3.8, 4) is 17.0 Å². The molecule has 2 heterocycles. The van der Waals surface area contributed by atoms with Crippen LogP contribution in [0.25, 0.3) is 11.3 Å². The van der Waals surface area contributed by atoms with E-state index in [0.717, 1.165) is 10.4 Å². The third-order valence-corrected chi connectivity index (χ3v) is 4.89. The molecule has 7 nitrogen and oxygen atoms in total. The standard InChI is InChI=1S/C20H19F2N3O4S/c1-12-17(13-6-8-14(9-7-13)29-19(21)22)25-20(30-12)24-16(26)5-2-10-23-18(27)15-4-3-11-28-15/h3-4,6-9,11,19H,2,5,10H2,1H3,(H,23,27)(H,24,25,26). The van der Waals surface area contributed by atoms with Crippen LogP contribution in [0.15, 0.2) is 47.1 Å². The SMILES string of the molecule is Cc1sc(NC(=O)CCCNC(=O)c2ccco2)nc1-c1ccc(OC(F)F)cc1. The van der Waals surface area contributed by atoms with Gasteiger partial charge in [-0.1, -0.05) is 0 Å². The van der Waals surface area contributed by atoms with Gasteiger partial charge in [0.1, 0.15) is 5.75 Å². The fraction of sp³-hybridized carbons (Fsp3) is 0.250. The minimum absolute atomic E-state index is 0.0642. The van der Waals surface area contributed by atoms with Gasteiger partial charge in [0.05, 0.1) is 12.0 Å². The average molecular weight is 435 g/mol. The van der Waals surface area contributed by atoms with Crippen LogP contribution >= 0.6 is 11.3 Å². The number of nitrogens with one attached hydrogen (secondary N) is 2. The van der Waals surface area contributed by atoms with E-state index in [0.29, 0.717) is 23.8 Å². The number of carbonyl (C=O) groups is 2. The number of carbonyl (C=O) groups excluding carboxylic acids is 2. The van der Waals surface area contributed by atoms with Crippen molar-refractivity contribution in [2.75, 3.05) is 11.9 Å². The van der Waals surface area contributed by atoms with Crippen LogP contribution in [0, 0.1) is 6.92 Å². The molecule has 0 aliphatic heterocycles. The highest BCUT2D eigenvalue weighted by Gasteiger charge is 2.13. The summed E-state index contributed by atoms with van der Waals surface area (Å²) in [4.78, 5) is 29.1. The molecule has 0 radical (unpaired) electrons. The van der Waals surface area contributed by atoms with Gasteiger partial charge >= 0.3 is 6.61 Å². The average Bonchev–Trinajstić information content (AvgIpc) is 3.35. The Kier molecular flexibility index (Phi) is 7.12. The smallest absolute Gasteiger partial charge is 0.387 e. The van der Waals surface area contributed by atoms with Gasteiger partial charge in [-0.3, -0.25) is 9.59 Å². The molecule has 10 heteroatoms. The molecular weight excluding hydrogens is 416 g/mol. The highest BCUT2D eigenvalue weighted by Crippen LogP contribution is 2.31. The lowest BCUT2D eigenvalue weighted by molar-refractivity contribution is -0.116. The van der Waals surface area contributed by atoms with E-state index in [1.807, 2.05) is 6.92 Å². The van der Waals surface area contributed by atoms with E-state index in [2.05, 4.69) is 20.4 Å². The summed E-state index contributed by atoms with van der Waals surface area (Å²) in [5, 5.41) is 5.86. The zero-order valence-corrected chi connectivity index (χ0v) is 16.8. The summed E-state index contributed by atoms with van der Waals surface area (Å²) >= 11 is 1.32. The molecule has 3 rings (SSSR count). The van der Waals surface area contributed by atoms with E-state index in [1.165, 1.54) is 29.7 Å². The van der Waals surface area contributed by atoms with Crippen LogP contribution in [0.2, 0.25) is 0 Å². The van der Waals surface area contributed by atoms with Crippen molar-refractivity contribution in [1.82, 2.24) is 10.3 Å². The highest BCUT2D eigenvalue weighted by atomic mass is 32.1. The Morgan fingerprint density at radius 3 is 2.67 bits per heavy atom. The van der Waals surface area contributed by atoms with Crippen molar-refractivity contribution >= 4 is 28.3 Å². The fourth-order valence-electron chi connectivity index (χ4n) is 2.64. The second-order valence-corrected chi connectivity index (χ2v) is 7.41. The number of hydrogen-bond donors (Lipinski definition) is 2. The first-order chi connectivity index (χ1) is 14.4. The van der Waals surface area contributed by atoms with E-state index in [9.17, 15) is 18.4 Å². The van der Waals surface area contributed by atoms with E-state index >= 15 is 0 Å². The first kappa shape index (κ1) is 21.4. The second-order valence-electron chi connectivity index (χ2n) is 6.21. The number of alkyl halides is 2. The van der Waals surface area contributed by atoms with Crippen molar-refractivity contribution in [3.05, 3.63) is 53.3 Å². The lowest BCUT2D eigenvalue weighted by Gasteiger charge is -2.05. The van der Waals surface area contributed by atoms with Crippen molar-refractivity contribution in [2.24, 2.45) is 0 Å². The minimum atomic E-state index is -2.88. The maximum Gasteiger partial charge on any atom is 0.387 e. The first-order valence-corrected chi connectivity index (χ1v) is 9.88. The van der Waals surface area contributed by atoms with Gasteiger partial charge in [-0.05, 0) is 49.7 Å². The summed E-state index contributed by atoms with van der Waals surface area (Å²) in [5.74, 6) is -0.262. The molecule has 0 aliphatic rings. The summed E-state index contributed by atoms with van der Waals surface area (Å²) in [6, 6.07) is 9.33. The van der Waals surface area contributed by atoms with Crippen molar-refractivity contribution < 1.29 is 27.5 Å². The molecule has 2 amide bonds. The number of amides is 2. The number of nitrogens with zero attached hydrogens (tertiary/aromatic N) is 1. The number of hydrogen-bond acceptors (Lipinski definition) is 6. The van der Waals surface area contributed by atoms with Gasteiger partial charge in [0.15, 0.2) is 10.9 Å². The third-order valence-electron chi connectivity index (χ3n) is 4.01. The van der Waals surface area contributed by atoms with E-state index in [4.69, 9.17) is 4.42 Å². The van der Waals surface area contributed by atoms with Crippen LogP contribution < -0.4 is 15.4 Å². The number of aryl methyl sites for hydroxylation is 1. The zero-order chi connectivity index (χ0) is 21.5. The van der Waals surface area contributed by atoms with Gasteiger partial charge in [0, 0.05) is 23.4 Å². The van der Waals surface area contributed by atoms with Gasteiger partial charge in [0.2, 0.25) is 5.91 Å². The van der Waals surface area contributed by atoms with Crippen LogP contribution in [0.1, 0.15) is 28.3 Å². The number of furan rings is 1. The van der Waals surface area contributed by atoms with Crippen LogP contribution in [0.5, 0.6) is 5.75 Å². The number of rotatable bonds is 9. The zero-order valence-electron chi connectivity index (χ0n) is 16.0. The molecule has 0 fully saturated rings. The Hall–Kier alpha value is -3.27. The Balaban J connectivity index is 1.49. The maximum atomic E-state index is 12.2. The molecule has 2 N–H and O–H groups in total. The Labute approximate surface area is 175 Å². The molecule has 0 spiro atoms. The highest BCUT2D eigenvalue weighted by molar-refractivity contribution is 7.16. The molecule has 30 heavy (non-hydrogen) atoms. The number of anilines is 1. The number of thiazole rings is 1. The van der Waals surface area contributed by atoms with E-state index in [-0.39, 0.29) is 29.7 Å². The van der Waals surface area contributed by atoms with Crippen molar-refractivity contribution in [3.63, 3.8) is 0 Å². The molecule has 3 aromatic rings. The monoisotopic (exact) mass is 435 g/mol. The fourth-order valence-corrected chi connectivity index (χ4v) is 3.49. The van der Waals surface area contributed by atoms with Crippen LogP contribution in [-0.4, -0.2) is 30.0 Å². The Morgan fingerprint density at radius 1 is 1.23 bits per heavy atom. The first-order valence-electron chi connectivity index (χ1n) is 9.06. The normalized spacial score (nSPS) is 10.8. The predicted molar refractivity (Wildman–Crippen MR) is 108 cm³/mol. The molecule has 0 saturated heterocycles. The quantitative estimate of drug-likeness (QED) is 0.484. The van der Waals surface area contributed by atoms with Gasteiger partial charge in [-0.15, -0.1) is 11.3 Å². The van der Waals surface area contributed by atoms with E-state index < -0.39 is 6.61 Å². The molecular formula is C20H19F2N3O4S. The molecule has 0 saturated carbocycles. The lowest BCUT2D eigenvalue weighted by atomic mass is 10.1. The van der Waals surface area contributed by atoms with Crippen LogP contribution in [0.3, 0.4) is 0 Å². The van der Waals surface area contributed by atoms with Gasteiger partial charge in [-0.2, -0.15) is 8.78 Å². The topological polar surface area (TPSA) is 93.5 Å². The van der Waals surface area contributed by atoms with Crippen LogP contribution in [-0.2, 0) is 4.79 Å².